The molecule has 1 saturated carbocycles. The molecule has 2 N–H and O–H groups in total. The molecule has 5 heteroatoms. The molecule has 0 bridgehead atoms. The fraction of sp³-hybridized carbons (Fsp3) is 0.875. The Morgan fingerprint density at radius 1 is 1.29 bits per heavy atom. The van der Waals surface area contributed by atoms with Gasteiger partial charge < -0.3 is 15.2 Å². The average molecular weight is 297 g/mol. The van der Waals surface area contributed by atoms with Crippen LogP contribution in [-0.4, -0.2) is 35.2 Å². The van der Waals surface area contributed by atoms with Gasteiger partial charge >= 0.3 is 5.97 Å². The van der Waals surface area contributed by atoms with Crippen LogP contribution in [0.5, 0.6) is 0 Å². The van der Waals surface area contributed by atoms with Crippen LogP contribution in [0, 0.1) is 11.8 Å². The fourth-order valence-corrected chi connectivity index (χ4v) is 3.55. The van der Waals surface area contributed by atoms with Crippen LogP contribution in [0.15, 0.2) is 0 Å². The van der Waals surface area contributed by atoms with Gasteiger partial charge in [0.05, 0.1) is 6.10 Å². The molecule has 2 fully saturated rings. The maximum Gasteiger partial charge on any atom is 0.329 e. The predicted octanol–water partition coefficient (Wildman–Crippen LogP) is 2.34. The summed E-state index contributed by atoms with van der Waals surface area (Å²) in [5.74, 6) is -0.514. The van der Waals surface area contributed by atoms with E-state index in [1.165, 1.54) is 0 Å². The van der Waals surface area contributed by atoms with Crippen LogP contribution in [0.4, 0.5) is 0 Å². The van der Waals surface area contributed by atoms with Gasteiger partial charge in [-0.1, -0.05) is 13.3 Å². The Morgan fingerprint density at radius 3 is 2.48 bits per heavy atom. The number of hydrogen-bond donors (Lipinski definition) is 2. The first-order valence-corrected chi connectivity index (χ1v) is 8.14. The molecule has 1 aliphatic heterocycles. The zero-order chi connectivity index (χ0) is 15.5. The summed E-state index contributed by atoms with van der Waals surface area (Å²) in [5.41, 5.74) is -1.05. The first-order chi connectivity index (χ1) is 9.97. The highest BCUT2D eigenvalue weighted by Gasteiger charge is 2.44. The summed E-state index contributed by atoms with van der Waals surface area (Å²) in [7, 11) is 0. The molecule has 1 heterocycles. The molecular weight excluding hydrogens is 270 g/mol. The van der Waals surface area contributed by atoms with Crippen molar-refractivity contribution >= 4 is 11.9 Å². The Bertz CT molecular complexity index is 388. The Hall–Kier alpha value is -1.10. The van der Waals surface area contributed by atoms with Crippen molar-refractivity contribution in [1.82, 2.24) is 5.32 Å². The van der Waals surface area contributed by atoms with Gasteiger partial charge in [-0.25, -0.2) is 4.79 Å². The van der Waals surface area contributed by atoms with Crippen molar-refractivity contribution in [2.75, 3.05) is 6.61 Å². The summed E-state index contributed by atoms with van der Waals surface area (Å²) >= 11 is 0. The molecule has 0 aromatic rings. The number of hydrogen-bond acceptors (Lipinski definition) is 3. The molecule has 120 valence electrons. The van der Waals surface area contributed by atoms with Gasteiger partial charge in [-0.3, -0.25) is 4.79 Å². The van der Waals surface area contributed by atoms with Gasteiger partial charge in [0.15, 0.2) is 0 Å². The van der Waals surface area contributed by atoms with E-state index in [-0.39, 0.29) is 17.9 Å². The van der Waals surface area contributed by atoms with Crippen molar-refractivity contribution in [3.8, 4) is 0 Å². The van der Waals surface area contributed by atoms with Gasteiger partial charge in [0.1, 0.15) is 5.54 Å². The van der Waals surface area contributed by atoms with Crippen LogP contribution in [0.1, 0.15) is 58.8 Å². The molecule has 0 spiro atoms. The van der Waals surface area contributed by atoms with E-state index in [4.69, 9.17) is 4.74 Å². The normalized spacial score (nSPS) is 37.0. The molecule has 1 amide bonds. The maximum atomic E-state index is 12.4. The smallest absolute Gasteiger partial charge is 0.329 e. The summed E-state index contributed by atoms with van der Waals surface area (Å²) in [6, 6.07) is 0. The first-order valence-electron chi connectivity index (χ1n) is 8.14. The van der Waals surface area contributed by atoms with Crippen molar-refractivity contribution in [2.24, 2.45) is 11.8 Å². The van der Waals surface area contributed by atoms with Crippen molar-refractivity contribution < 1.29 is 19.4 Å². The van der Waals surface area contributed by atoms with E-state index in [0.717, 1.165) is 19.3 Å². The Morgan fingerprint density at radius 2 is 1.95 bits per heavy atom. The highest BCUT2D eigenvalue weighted by Crippen LogP contribution is 2.34. The molecule has 0 radical (unpaired) electrons. The number of carboxylic acids is 1. The SMILES string of the molecule is CCC1CCC(NC(=O)C2CCOC(C)C2)(C(=O)O)CC1. The first kappa shape index (κ1) is 16.3. The standard InChI is InChI=1S/C16H27NO4/c1-3-12-4-7-16(8-5-12,15(19)20)17-14(18)13-6-9-21-11(2)10-13/h11-13H,3-10H2,1-2H3,(H,17,18)(H,19,20). The molecule has 1 aliphatic carbocycles. The lowest BCUT2D eigenvalue weighted by Crippen LogP contribution is -2.58. The van der Waals surface area contributed by atoms with Gasteiger partial charge in [-0.15, -0.1) is 0 Å². The third-order valence-electron chi connectivity index (χ3n) is 5.16. The zero-order valence-corrected chi connectivity index (χ0v) is 13.1. The number of carbonyl (C=O) groups excluding carboxylic acids is 1. The number of ether oxygens (including phenoxy) is 1. The second-order valence-electron chi connectivity index (χ2n) is 6.63. The highest BCUT2D eigenvalue weighted by molar-refractivity contribution is 5.88. The van der Waals surface area contributed by atoms with Gasteiger partial charge in [0.25, 0.3) is 0 Å². The molecule has 0 aromatic carbocycles. The van der Waals surface area contributed by atoms with Crippen LogP contribution in [-0.2, 0) is 14.3 Å². The molecule has 1 saturated heterocycles. The van der Waals surface area contributed by atoms with Crippen LogP contribution in [0.3, 0.4) is 0 Å². The second kappa shape index (κ2) is 6.77. The molecule has 2 atom stereocenters. The lowest BCUT2D eigenvalue weighted by Gasteiger charge is -2.38. The molecule has 2 rings (SSSR count). The molecule has 2 aliphatic rings. The van der Waals surface area contributed by atoms with Gasteiger partial charge in [0, 0.05) is 12.5 Å². The van der Waals surface area contributed by atoms with E-state index >= 15 is 0 Å². The Kier molecular flexibility index (Phi) is 5.25. The number of aliphatic carboxylic acids is 1. The maximum absolute atomic E-state index is 12.4. The minimum atomic E-state index is -1.05. The molecule has 2 unspecified atom stereocenters. The molecule has 5 nitrogen and oxygen atoms in total. The van der Waals surface area contributed by atoms with Gasteiger partial charge in [0.2, 0.25) is 5.91 Å². The molecule has 21 heavy (non-hydrogen) atoms. The lowest BCUT2D eigenvalue weighted by atomic mass is 9.75. The second-order valence-corrected chi connectivity index (χ2v) is 6.63. The Balaban J connectivity index is 1.99. The highest BCUT2D eigenvalue weighted by atomic mass is 16.5. The number of amides is 1. The van der Waals surface area contributed by atoms with Crippen molar-refractivity contribution in [1.29, 1.82) is 0 Å². The summed E-state index contributed by atoms with van der Waals surface area (Å²) in [4.78, 5) is 24.2. The monoisotopic (exact) mass is 297 g/mol. The van der Waals surface area contributed by atoms with Crippen LogP contribution in [0.2, 0.25) is 0 Å². The van der Waals surface area contributed by atoms with E-state index in [9.17, 15) is 14.7 Å². The number of carbonyl (C=O) groups is 2. The van der Waals surface area contributed by atoms with Gasteiger partial charge in [-0.05, 0) is 51.4 Å². The van der Waals surface area contributed by atoms with Crippen molar-refractivity contribution in [3.05, 3.63) is 0 Å². The number of nitrogens with one attached hydrogen (secondary N) is 1. The van der Waals surface area contributed by atoms with E-state index in [0.29, 0.717) is 38.2 Å². The minimum absolute atomic E-state index is 0.0751. The number of carboxylic acid groups (broad SMARTS) is 1. The lowest BCUT2D eigenvalue weighted by molar-refractivity contribution is -0.151. The third kappa shape index (κ3) is 3.76. The zero-order valence-electron chi connectivity index (χ0n) is 13.1. The van der Waals surface area contributed by atoms with Crippen LogP contribution in [0.25, 0.3) is 0 Å². The predicted molar refractivity (Wildman–Crippen MR) is 78.9 cm³/mol. The summed E-state index contributed by atoms with van der Waals surface area (Å²) in [6.45, 7) is 4.68. The molecule has 0 aromatic heterocycles. The fourth-order valence-electron chi connectivity index (χ4n) is 3.55. The Labute approximate surface area is 126 Å². The van der Waals surface area contributed by atoms with Gasteiger partial charge in [-0.2, -0.15) is 0 Å². The average Bonchev–Trinajstić information content (AvgIpc) is 2.47. The quantitative estimate of drug-likeness (QED) is 0.835. The van der Waals surface area contributed by atoms with Crippen molar-refractivity contribution in [2.45, 2.75) is 70.4 Å². The van der Waals surface area contributed by atoms with E-state index in [2.05, 4.69) is 12.2 Å². The topological polar surface area (TPSA) is 75.6 Å². The summed E-state index contributed by atoms with van der Waals surface area (Å²) in [5, 5.41) is 12.5. The number of rotatable bonds is 4. The van der Waals surface area contributed by atoms with Crippen LogP contribution < -0.4 is 5.32 Å². The van der Waals surface area contributed by atoms with Crippen molar-refractivity contribution in [3.63, 3.8) is 0 Å². The van der Waals surface area contributed by atoms with E-state index in [1.807, 2.05) is 6.92 Å². The molecular formula is C16H27NO4. The minimum Gasteiger partial charge on any atom is -0.480 e. The van der Waals surface area contributed by atoms with E-state index < -0.39 is 11.5 Å². The van der Waals surface area contributed by atoms with Crippen LogP contribution >= 0.6 is 0 Å². The largest absolute Gasteiger partial charge is 0.480 e. The van der Waals surface area contributed by atoms with E-state index in [1.54, 1.807) is 0 Å². The third-order valence-corrected chi connectivity index (χ3v) is 5.16. The summed E-state index contributed by atoms with van der Waals surface area (Å²) < 4.78 is 5.45. The summed E-state index contributed by atoms with van der Waals surface area (Å²) in [6.07, 6.45) is 5.38.